The number of aromatic nitrogens is 1. The number of nitrogens with zero attached hydrogens (tertiary/aromatic N) is 3. The van der Waals surface area contributed by atoms with Crippen LogP contribution in [0.1, 0.15) is 28.0 Å². The largest absolute Gasteiger partial charge is 0.464 e. The molecular weight excluding hydrogens is 252 g/mol. The molecule has 94 valence electrons. The maximum atomic E-state index is 12.8. The molecule has 0 spiro atoms. The molecule has 0 bridgehead atoms. The summed E-state index contributed by atoms with van der Waals surface area (Å²) in [6.45, 7) is 0. The Morgan fingerprint density at radius 1 is 1.67 bits per heavy atom. The summed E-state index contributed by atoms with van der Waals surface area (Å²) in [7, 11) is 0.937. The highest BCUT2D eigenvalue weighted by Gasteiger charge is 2.30. The molecule has 0 amide bonds. The summed E-state index contributed by atoms with van der Waals surface area (Å²) in [6.07, 6.45) is -2.70. The number of pyridine rings is 1. The second-order valence-electron chi connectivity index (χ2n) is 2.94. The lowest BCUT2D eigenvalue weighted by molar-refractivity contribution is -0.385. The van der Waals surface area contributed by atoms with Crippen LogP contribution in [0, 0.1) is 21.4 Å². The summed E-state index contributed by atoms with van der Waals surface area (Å²) in [5.41, 5.74) is -3.70. The van der Waals surface area contributed by atoms with E-state index < -0.39 is 39.8 Å². The van der Waals surface area contributed by atoms with Crippen molar-refractivity contribution in [1.29, 1.82) is 5.26 Å². The van der Waals surface area contributed by atoms with E-state index in [4.69, 9.17) is 5.26 Å². The number of hydrogen-bond acceptors (Lipinski definition) is 6. The molecule has 18 heavy (non-hydrogen) atoms. The first-order valence-electron chi connectivity index (χ1n) is 4.37. The molecule has 0 atom stereocenters. The van der Waals surface area contributed by atoms with Gasteiger partial charge in [-0.25, -0.2) is 18.6 Å². The molecule has 0 radical (unpaired) electrons. The first-order chi connectivity index (χ1) is 8.43. The molecule has 9 heteroatoms. The van der Waals surface area contributed by atoms with Gasteiger partial charge in [0.1, 0.15) is 17.8 Å². The lowest BCUT2D eigenvalue weighted by atomic mass is 10.1. The number of ether oxygens (including phenoxy) is 1. The van der Waals surface area contributed by atoms with Gasteiger partial charge in [-0.3, -0.25) is 10.1 Å². The molecule has 0 unspecified atom stereocenters. The number of nitro groups is 1. The van der Waals surface area contributed by atoms with Crippen LogP contribution in [0.5, 0.6) is 0 Å². The average molecular weight is 257 g/mol. The Bertz CT molecular complexity index is 553. The number of methoxy groups -OCH3 is 1. The Morgan fingerprint density at radius 2 is 2.28 bits per heavy atom. The highest BCUT2D eigenvalue weighted by atomic mass is 19.3. The van der Waals surface area contributed by atoms with Gasteiger partial charge in [-0.2, -0.15) is 5.26 Å². The number of rotatable bonds is 3. The average Bonchev–Trinajstić information content (AvgIpc) is 2.35. The van der Waals surface area contributed by atoms with Crippen LogP contribution in [0.4, 0.5) is 14.5 Å². The maximum absolute atomic E-state index is 12.8. The van der Waals surface area contributed by atoms with Gasteiger partial charge in [-0.1, -0.05) is 0 Å². The molecule has 1 aromatic rings. The standard InChI is InChI=1S/C9H5F2N3O4/c1-18-9(15)7-6(8(10)11)4(2-12)5(3-13-7)14(16)17/h3,8H,1H3. The van der Waals surface area contributed by atoms with Crippen molar-refractivity contribution in [3.63, 3.8) is 0 Å². The molecule has 7 nitrogen and oxygen atoms in total. The summed E-state index contributed by atoms with van der Waals surface area (Å²) in [5, 5.41) is 19.3. The second kappa shape index (κ2) is 5.13. The Morgan fingerprint density at radius 3 is 2.67 bits per heavy atom. The topological polar surface area (TPSA) is 106 Å². The number of carbonyl (C=O) groups excluding carboxylic acids is 1. The zero-order valence-electron chi connectivity index (χ0n) is 8.89. The normalized spacial score (nSPS) is 9.94. The molecule has 0 saturated heterocycles. The van der Waals surface area contributed by atoms with Crippen LogP contribution >= 0.6 is 0 Å². The molecule has 0 fully saturated rings. The van der Waals surface area contributed by atoms with E-state index in [1.165, 1.54) is 6.07 Å². The van der Waals surface area contributed by atoms with Gasteiger partial charge >= 0.3 is 11.7 Å². The molecule has 0 aliphatic rings. The SMILES string of the molecule is COC(=O)c1ncc([N+](=O)[O-])c(C#N)c1C(F)F. The fraction of sp³-hybridized carbons (Fsp3) is 0.222. The van der Waals surface area contributed by atoms with Gasteiger partial charge in [0.15, 0.2) is 5.69 Å². The van der Waals surface area contributed by atoms with Crippen molar-refractivity contribution >= 4 is 11.7 Å². The first kappa shape index (κ1) is 13.4. The first-order valence-corrected chi connectivity index (χ1v) is 4.37. The molecule has 1 aromatic heterocycles. The van der Waals surface area contributed by atoms with Gasteiger partial charge in [0.25, 0.3) is 6.43 Å². The van der Waals surface area contributed by atoms with Crippen molar-refractivity contribution in [3.05, 3.63) is 33.1 Å². The van der Waals surface area contributed by atoms with Crippen LogP contribution in [0.25, 0.3) is 0 Å². The predicted molar refractivity (Wildman–Crippen MR) is 51.9 cm³/mol. The van der Waals surface area contributed by atoms with Crippen molar-refractivity contribution in [2.45, 2.75) is 6.43 Å². The Kier molecular flexibility index (Phi) is 3.83. The third-order valence-electron chi connectivity index (χ3n) is 2.00. The van der Waals surface area contributed by atoms with E-state index in [1.54, 1.807) is 0 Å². The lowest BCUT2D eigenvalue weighted by Crippen LogP contribution is -2.12. The van der Waals surface area contributed by atoms with Crippen LogP contribution in [0.2, 0.25) is 0 Å². The highest BCUT2D eigenvalue weighted by molar-refractivity contribution is 5.90. The third kappa shape index (κ3) is 2.22. The van der Waals surface area contributed by atoms with E-state index in [1.807, 2.05) is 0 Å². The summed E-state index contributed by atoms with van der Waals surface area (Å²) >= 11 is 0. The molecular formula is C9H5F2N3O4. The van der Waals surface area contributed by atoms with Crippen molar-refractivity contribution in [2.75, 3.05) is 7.11 Å². The van der Waals surface area contributed by atoms with E-state index in [9.17, 15) is 23.7 Å². The predicted octanol–water partition coefficient (Wildman–Crippen LogP) is 1.59. The summed E-state index contributed by atoms with van der Waals surface area (Å²) < 4.78 is 29.8. The van der Waals surface area contributed by atoms with Crippen molar-refractivity contribution in [3.8, 4) is 6.07 Å². The molecule has 0 aromatic carbocycles. The molecule has 1 rings (SSSR count). The number of hydrogen-bond donors (Lipinski definition) is 0. The lowest BCUT2D eigenvalue weighted by Gasteiger charge is -2.07. The van der Waals surface area contributed by atoms with Crippen molar-refractivity contribution < 1.29 is 23.2 Å². The van der Waals surface area contributed by atoms with E-state index in [0.29, 0.717) is 6.20 Å². The zero-order chi connectivity index (χ0) is 13.9. The minimum atomic E-state index is -3.26. The number of esters is 1. The number of alkyl halides is 2. The van der Waals surface area contributed by atoms with E-state index in [2.05, 4.69) is 9.72 Å². The van der Waals surface area contributed by atoms with Crippen LogP contribution in [0.3, 0.4) is 0 Å². The fourth-order valence-electron chi connectivity index (χ4n) is 1.24. The summed E-state index contributed by atoms with van der Waals surface area (Å²) in [5.74, 6) is -1.20. The second-order valence-corrected chi connectivity index (χ2v) is 2.94. The minimum Gasteiger partial charge on any atom is -0.464 e. The summed E-state index contributed by atoms with van der Waals surface area (Å²) in [4.78, 5) is 24.0. The fourth-order valence-corrected chi connectivity index (χ4v) is 1.24. The van der Waals surface area contributed by atoms with Crippen LogP contribution in [-0.2, 0) is 4.74 Å². The zero-order valence-corrected chi connectivity index (χ0v) is 8.89. The monoisotopic (exact) mass is 257 g/mol. The Balaban J connectivity index is 3.65. The van der Waals surface area contributed by atoms with Gasteiger partial charge in [0.05, 0.1) is 17.6 Å². The van der Waals surface area contributed by atoms with Gasteiger partial charge in [-0.15, -0.1) is 0 Å². The van der Waals surface area contributed by atoms with Gasteiger partial charge < -0.3 is 4.74 Å². The third-order valence-corrected chi connectivity index (χ3v) is 2.00. The quantitative estimate of drug-likeness (QED) is 0.462. The van der Waals surface area contributed by atoms with Crippen LogP contribution < -0.4 is 0 Å². The van der Waals surface area contributed by atoms with Gasteiger partial charge in [0.2, 0.25) is 0 Å². The summed E-state index contributed by atoms with van der Waals surface area (Å²) in [6, 6.07) is 1.28. The number of halogens is 2. The van der Waals surface area contributed by atoms with Crippen molar-refractivity contribution in [2.24, 2.45) is 0 Å². The molecule has 0 N–H and O–H groups in total. The van der Waals surface area contributed by atoms with E-state index >= 15 is 0 Å². The van der Waals surface area contributed by atoms with Crippen LogP contribution in [-0.4, -0.2) is 23.0 Å². The maximum Gasteiger partial charge on any atom is 0.357 e. The molecule has 0 aliphatic carbocycles. The number of nitriles is 1. The van der Waals surface area contributed by atoms with E-state index in [0.717, 1.165) is 7.11 Å². The molecule has 0 saturated carbocycles. The van der Waals surface area contributed by atoms with Crippen molar-refractivity contribution in [1.82, 2.24) is 4.98 Å². The number of carbonyl (C=O) groups is 1. The van der Waals surface area contributed by atoms with Gasteiger partial charge in [-0.05, 0) is 0 Å². The molecule has 1 heterocycles. The highest BCUT2D eigenvalue weighted by Crippen LogP contribution is 2.31. The van der Waals surface area contributed by atoms with Crippen LogP contribution in [0.15, 0.2) is 6.20 Å². The minimum absolute atomic E-state index is 0.566. The Hall–Kier alpha value is -2.63. The smallest absolute Gasteiger partial charge is 0.357 e. The Labute approximate surface area is 98.8 Å². The molecule has 0 aliphatic heterocycles. The van der Waals surface area contributed by atoms with Gasteiger partial charge in [0, 0.05) is 0 Å². The van der Waals surface area contributed by atoms with E-state index in [-0.39, 0.29) is 0 Å².